The summed E-state index contributed by atoms with van der Waals surface area (Å²) in [5.74, 6) is 0.362. The van der Waals surface area contributed by atoms with Gasteiger partial charge in [-0.25, -0.2) is 5.43 Å². The van der Waals surface area contributed by atoms with Crippen molar-refractivity contribution in [2.45, 2.75) is 6.61 Å². The molecule has 7 heteroatoms. The number of rotatable bonds is 8. The van der Waals surface area contributed by atoms with E-state index in [1.807, 2.05) is 84.9 Å². The van der Waals surface area contributed by atoms with E-state index in [9.17, 15) is 4.79 Å². The predicted octanol–water partition coefficient (Wildman–Crippen LogP) is 5.74. The predicted molar refractivity (Wildman–Crippen MR) is 131 cm³/mol. The zero-order valence-corrected chi connectivity index (χ0v) is 18.4. The van der Waals surface area contributed by atoms with E-state index < -0.39 is 0 Å². The molecular weight excluding hydrogens is 436 g/mol. The second-order valence-electron chi connectivity index (χ2n) is 7.10. The molecule has 1 heterocycles. The number of H-pyrrole nitrogens is 1. The van der Waals surface area contributed by atoms with E-state index in [0.717, 1.165) is 22.4 Å². The van der Waals surface area contributed by atoms with Crippen LogP contribution in [0.2, 0.25) is 5.02 Å². The molecule has 0 saturated heterocycles. The van der Waals surface area contributed by atoms with Gasteiger partial charge in [-0.2, -0.15) is 10.2 Å². The molecule has 0 aliphatic carbocycles. The van der Waals surface area contributed by atoms with E-state index in [4.69, 9.17) is 16.3 Å². The van der Waals surface area contributed by atoms with Gasteiger partial charge < -0.3 is 4.74 Å². The molecule has 1 amide bonds. The first-order chi connectivity index (χ1) is 16.2. The van der Waals surface area contributed by atoms with Crippen molar-refractivity contribution in [1.29, 1.82) is 0 Å². The summed E-state index contributed by atoms with van der Waals surface area (Å²) in [4.78, 5) is 12.3. The maximum absolute atomic E-state index is 12.3. The van der Waals surface area contributed by atoms with Crippen LogP contribution in [-0.2, 0) is 6.61 Å². The summed E-state index contributed by atoms with van der Waals surface area (Å²) in [7, 11) is 0. The lowest BCUT2D eigenvalue weighted by Crippen LogP contribution is -2.17. The Hall–Kier alpha value is -4.16. The molecule has 33 heavy (non-hydrogen) atoms. The van der Waals surface area contributed by atoms with Crippen molar-refractivity contribution >= 4 is 29.8 Å². The van der Waals surface area contributed by atoms with Gasteiger partial charge in [-0.05, 0) is 59.7 Å². The first-order valence-electron chi connectivity index (χ1n) is 10.3. The molecule has 164 valence electrons. The van der Waals surface area contributed by atoms with Crippen LogP contribution in [0, 0.1) is 0 Å². The average molecular weight is 457 g/mol. The highest BCUT2D eigenvalue weighted by atomic mass is 35.5. The number of ether oxygens (including phenoxy) is 1. The number of hydrogen-bond acceptors (Lipinski definition) is 4. The smallest absolute Gasteiger partial charge is 0.289 e. The van der Waals surface area contributed by atoms with Crippen LogP contribution in [0.1, 0.15) is 21.6 Å². The van der Waals surface area contributed by atoms with Gasteiger partial charge in [0.2, 0.25) is 0 Å². The lowest BCUT2D eigenvalue weighted by Gasteiger charge is -2.07. The number of benzene rings is 3. The summed E-state index contributed by atoms with van der Waals surface area (Å²) in [6.07, 6.45) is 5.17. The standard InChI is InChI=1S/C26H21ClN4O2/c27-22-12-8-20(9-13-22)18-33-23-14-10-21(11-15-23)24-17-25(30-29-24)26(32)31-28-16-4-7-19-5-2-1-3-6-19/h1-17H,18H2,(H,29,30)(H,31,32)/b7-4+,28-16+. The lowest BCUT2D eigenvalue weighted by atomic mass is 10.1. The van der Waals surface area contributed by atoms with Crippen molar-refractivity contribution < 1.29 is 9.53 Å². The highest BCUT2D eigenvalue weighted by Crippen LogP contribution is 2.22. The third kappa shape index (κ3) is 6.41. The van der Waals surface area contributed by atoms with Crippen LogP contribution in [-0.4, -0.2) is 22.3 Å². The molecule has 0 aliphatic heterocycles. The van der Waals surface area contributed by atoms with Crippen LogP contribution >= 0.6 is 11.6 Å². The number of nitrogens with one attached hydrogen (secondary N) is 2. The molecule has 2 N–H and O–H groups in total. The van der Waals surface area contributed by atoms with Gasteiger partial charge in [0.1, 0.15) is 18.1 Å². The van der Waals surface area contributed by atoms with Gasteiger partial charge in [0.15, 0.2) is 0 Å². The zero-order valence-electron chi connectivity index (χ0n) is 17.6. The van der Waals surface area contributed by atoms with Crippen molar-refractivity contribution in [2.75, 3.05) is 0 Å². The third-order valence-corrected chi connectivity index (χ3v) is 4.96. The maximum Gasteiger partial charge on any atom is 0.289 e. The second kappa shape index (κ2) is 10.9. The van der Waals surface area contributed by atoms with Crippen molar-refractivity contribution in [3.8, 4) is 17.0 Å². The largest absolute Gasteiger partial charge is 0.489 e. The molecule has 0 spiro atoms. The van der Waals surface area contributed by atoms with E-state index >= 15 is 0 Å². The van der Waals surface area contributed by atoms with Gasteiger partial charge in [-0.3, -0.25) is 9.89 Å². The molecule has 0 bridgehead atoms. The number of amides is 1. The minimum Gasteiger partial charge on any atom is -0.489 e. The Morgan fingerprint density at radius 1 is 1.03 bits per heavy atom. The Morgan fingerprint density at radius 2 is 1.79 bits per heavy atom. The number of nitrogens with zero attached hydrogens (tertiary/aromatic N) is 2. The number of aromatic amines is 1. The number of hydrogen-bond donors (Lipinski definition) is 2. The summed E-state index contributed by atoms with van der Waals surface area (Å²) < 4.78 is 5.80. The van der Waals surface area contributed by atoms with Gasteiger partial charge in [-0.1, -0.05) is 60.1 Å². The average Bonchev–Trinajstić information content (AvgIpc) is 3.35. The van der Waals surface area contributed by atoms with E-state index in [1.54, 1.807) is 12.1 Å². The second-order valence-corrected chi connectivity index (χ2v) is 7.53. The van der Waals surface area contributed by atoms with Gasteiger partial charge in [0.05, 0.1) is 5.69 Å². The van der Waals surface area contributed by atoms with Gasteiger partial charge in [0, 0.05) is 16.8 Å². The van der Waals surface area contributed by atoms with Gasteiger partial charge in [-0.15, -0.1) is 0 Å². The Bertz CT molecular complexity index is 1250. The van der Waals surface area contributed by atoms with Crippen LogP contribution < -0.4 is 10.2 Å². The molecule has 0 fully saturated rings. The summed E-state index contributed by atoms with van der Waals surface area (Å²) in [6.45, 7) is 0.449. The molecular formula is C26H21ClN4O2. The highest BCUT2D eigenvalue weighted by molar-refractivity contribution is 6.30. The minimum atomic E-state index is -0.374. The van der Waals surface area contributed by atoms with E-state index in [-0.39, 0.29) is 5.91 Å². The summed E-state index contributed by atoms with van der Waals surface area (Å²) in [5.41, 5.74) is 6.38. The Kier molecular flexibility index (Phi) is 7.30. The molecule has 4 aromatic rings. The monoisotopic (exact) mass is 456 g/mol. The Balaban J connectivity index is 1.29. The van der Waals surface area contributed by atoms with E-state index in [1.165, 1.54) is 6.21 Å². The number of allylic oxidation sites excluding steroid dienone is 1. The Morgan fingerprint density at radius 3 is 2.55 bits per heavy atom. The number of aromatic nitrogens is 2. The summed E-state index contributed by atoms with van der Waals surface area (Å²) in [5, 5.41) is 11.6. The maximum atomic E-state index is 12.3. The molecule has 0 atom stereocenters. The topological polar surface area (TPSA) is 79.4 Å². The molecule has 0 saturated carbocycles. The molecule has 3 aromatic carbocycles. The summed E-state index contributed by atoms with van der Waals surface area (Å²) >= 11 is 5.90. The van der Waals surface area contributed by atoms with Crippen molar-refractivity contribution in [3.63, 3.8) is 0 Å². The summed E-state index contributed by atoms with van der Waals surface area (Å²) in [6, 6.07) is 26.5. The number of carbonyl (C=O) groups excluding carboxylic acids is 1. The van der Waals surface area contributed by atoms with Crippen LogP contribution in [0.15, 0.2) is 96.1 Å². The first kappa shape index (κ1) is 22.0. The van der Waals surface area contributed by atoms with Crippen LogP contribution in [0.25, 0.3) is 17.3 Å². The van der Waals surface area contributed by atoms with Crippen molar-refractivity contribution in [1.82, 2.24) is 15.6 Å². The number of halogens is 1. The zero-order chi connectivity index (χ0) is 22.9. The molecule has 4 rings (SSSR count). The van der Waals surface area contributed by atoms with Gasteiger partial charge >= 0.3 is 0 Å². The third-order valence-electron chi connectivity index (χ3n) is 4.71. The minimum absolute atomic E-state index is 0.317. The van der Waals surface area contributed by atoms with Crippen LogP contribution in [0.4, 0.5) is 0 Å². The van der Waals surface area contributed by atoms with E-state index in [2.05, 4.69) is 20.7 Å². The fourth-order valence-electron chi connectivity index (χ4n) is 2.97. The molecule has 6 nitrogen and oxygen atoms in total. The number of carbonyl (C=O) groups is 1. The fraction of sp³-hybridized carbons (Fsp3) is 0.0385. The fourth-order valence-corrected chi connectivity index (χ4v) is 3.10. The first-order valence-corrected chi connectivity index (χ1v) is 10.6. The van der Waals surface area contributed by atoms with Crippen LogP contribution in [0.3, 0.4) is 0 Å². The molecule has 1 aromatic heterocycles. The van der Waals surface area contributed by atoms with Crippen LogP contribution in [0.5, 0.6) is 5.75 Å². The van der Waals surface area contributed by atoms with E-state index in [0.29, 0.717) is 23.0 Å². The number of hydrazone groups is 1. The quantitative estimate of drug-likeness (QED) is 0.262. The normalized spacial score (nSPS) is 11.2. The van der Waals surface area contributed by atoms with Crippen molar-refractivity contribution in [3.05, 3.63) is 113 Å². The molecule has 0 unspecified atom stereocenters. The molecule has 0 aliphatic rings. The lowest BCUT2D eigenvalue weighted by molar-refractivity contribution is 0.0950. The SMILES string of the molecule is O=C(N/N=C/C=C/c1ccccc1)c1cc(-c2ccc(OCc3ccc(Cl)cc3)cc2)n[nH]1. The van der Waals surface area contributed by atoms with Gasteiger partial charge in [0.25, 0.3) is 5.91 Å². The Labute approximate surface area is 196 Å². The molecule has 0 radical (unpaired) electrons. The highest BCUT2D eigenvalue weighted by Gasteiger charge is 2.10. The van der Waals surface area contributed by atoms with Crippen molar-refractivity contribution in [2.24, 2.45) is 5.10 Å².